The van der Waals surface area contributed by atoms with Gasteiger partial charge in [0.05, 0.1) is 12.4 Å². The molecule has 9 heteroatoms. The summed E-state index contributed by atoms with van der Waals surface area (Å²) in [7, 11) is 0. The van der Waals surface area contributed by atoms with Gasteiger partial charge in [-0.15, -0.1) is 0 Å². The number of carboxylic acid groups (broad SMARTS) is 1. The van der Waals surface area contributed by atoms with Crippen molar-refractivity contribution < 1.29 is 28.2 Å². The minimum Gasteiger partial charge on any atom is -0.476 e. The molecule has 0 aliphatic rings. The van der Waals surface area contributed by atoms with Crippen molar-refractivity contribution in [3.8, 4) is 0 Å². The molecule has 0 radical (unpaired) electrons. The normalized spacial score (nSPS) is 12.0. The maximum absolute atomic E-state index is 13.2. The summed E-state index contributed by atoms with van der Waals surface area (Å²) in [6.07, 6.45) is 2.40. The Kier molecular flexibility index (Phi) is 5.69. The number of aromatic nitrogens is 2. The maximum atomic E-state index is 13.2. The van der Waals surface area contributed by atoms with Gasteiger partial charge in [0, 0.05) is 19.1 Å². The van der Waals surface area contributed by atoms with E-state index in [0.717, 1.165) is 18.3 Å². The third-order valence-electron chi connectivity index (χ3n) is 3.27. The Hall–Kier alpha value is -2.68. The minimum absolute atomic E-state index is 0.109. The monoisotopic (exact) mass is 341 g/mol. The Bertz CT molecular complexity index is 703. The number of aromatic carboxylic acids is 1. The average Bonchev–Trinajstić information content (AvgIpc) is 2.56. The molecule has 1 heterocycles. The molecule has 0 fully saturated rings. The number of carboxylic acids is 1. The molecule has 0 aliphatic heterocycles. The van der Waals surface area contributed by atoms with Gasteiger partial charge in [-0.05, 0) is 24.1 Å². The lowest BCUT2D eigenvalue weighted by atomic mass is 9.99. The molecule has 0 bridgehead atoms. The van der Waals surface area contributed by atoms with Crippen molar-refractivity contribution in [2.75, 3.05) is 18.5 Å². The second-order valence-corrected chi connectivity index (χ2v) is 5.10. The molecule has 1 atom stereocenters. The number of hydrogen-bond acceptors (Lipinski definition) is 5. The molecule has 0 amide bonds. The third-order valence-corrected chi connectivity index (χ3v) is 3.27. The lowest BCUT2D eigenvalue weighted by molar-refractivity contribution is 0.0690. The van der Waals surface area contributed by atoms with Crippen molar-refractivity contribution in [3.05, 3.63) is 53.2 Å². The first-order valence-electron chi connectivity index (χ1n) is 6.94. The van der Waals surface area contributed by atoms with Crippen LogP contribution in [-0.2, 0) is 6.42 Å². The van der Waals surface area contributed by atoms with E-state index in [1.54, 1.807) is 0 Å². The molecule has 2 rings (SSSR count). The van der Waals surface area contributed by atoms with Crippen LogP contribution in [0.15, 0.2) is 24.5 Å². The van der Waals surface area contributed by atoms with E-state index < -0.39 is 29.3 Å². The minimum atomic E-state index is -1.54. The highest BCUT2D eigenvalue weighted by atomic mass is 19.2. The molecule has 1 aromatic heterocycles. The summed E-state index contributed by atoms with van der Waals surface area (Å²) in [5.74, 6) is -5.45. The van der Waals surface area contributed by atoms with E-state index >= 15 is 0 Å². The van der Waals surface area contributed by atoms with Gasteiger partial charge < -0.3 is 15.5 Å². The molecule has 0 saturated carbocycles. The number of benzene rings is 1. The first-order chi connectivity index (χ1) is 11.4. The SMILES string of the molecule is O=C(O)c1cnc(NCC(CO)Cc2cc(F)c(F)c(F)c2)cn1. The summed E-state index contributed by atoms with van der Waals surface area (Å²) < 4.78 is 39.3. The molecule has 0 saturated heterocycles. The predicted molar refractivity (Wildman–Crippen MR) is 78.1 cm³/mol. The average molecular weight is 341 g/mol. The molecule has 1 aromatic carbocycles. The first kappa shape index (κ1) is 17.7. The van der Waals surface area contributed by atoms with Crippen LogP contribution in [0.5, 0.6) is 0 Å². The molecule has 6 nitrogen and oxygen atoms in total. The van der Waals surface area contributed by atoms with Gasteiger partial charge >= 0.3 is 5.97 Å². The van der Waals surface area contributed by atoms with E-state index in [1.165, 1.54) is 6.20 Å². The van der Waals surface area contributed by atoms with Crippen molar-refractivity contribution in [2.45, 2.75) is 6.42 Å². The van der Waals surface area contributed by atoms with Gasteiger partial charge in [0.1, 0.15) is 5.82 Å². The van der Waals surface area contributed by atoms with Gasteiger partial charge in [-0.1, -0.05) is 0 Å². The fourth-order valence-corrected chi connectivity index (χ4v) is 2.04. The van der Waals surface area contributed by atoms with Crippen LogP contribution >= 0.6 is 0 Å². The Balaban J connectivity index is 1.98. The summed E-state index contributed by atoms with van der Waals surface area (Å²) in [6.45, 7) is -0.0908. The fraction of sp³-hybridized carbons (Fsp3) is 0.267. The standard InChI is InChI=1S/C15H14F3N3O3/c16-10-2-8(3-11(17)14(10)18)1-9(7-22)4-20-13-6-19-12(5-21-13)15(23)24/h2-3,5-6,9,22H,1,4,7H2,(H,20,21)(H,23,24). The second-order valence-electron chi connectivity index (χ2n) is 5.10. The van der Waals surface area contributed by atoms with Crippen molar-refractivity contribution >= 4 is 11.8 Å². The summed E-state index contributed by atoms with van der Waals surface area (Å²) >= 11 is 0. The van der Waals surface area contributed by atoms with E-state index in [1.807, 2.05) is 0 Å². The number of carbonyl (C=O) groups is 1. The topological polar surface area (TPSA) is 95.3 Å². The number of aliphatic hydroxyl groups excluding tert-OH is 1. The van der Waals surface area contributed by atoms with Gasteiger partial charge in [0.2, 0.25) is 0 Å². The molecular formula is C15H14F3N3O3. The fourth-order valence-electron chi connectivity index (χ4n) is 2.04. The molecule has 3 N–H and O–H groups in total. The highest BCUT2D eigenvalue weighted by Crippen LogP contribution is 2.17. The summed E-state index contributed by atoms with van der Waals surface area (Å²) in [5, 5.41) is 20.9. The van der Waals surface area contributed by atoms with E-state index in [2.05, 4.69) is 15.3 Å². The van der Waals surface area contributed by atoms with Crippen LogP contribution in [0.25, 0.3) is 0 Å². The zero-order valence-corrected chi connectivity index (χ0v) is 12.3. The Labute approximate surface area is 135 Å². The number of halogens is 3. The number of rotatable bonds is 7. The first-order valence-corrected chi connectivity index (χ1v) is 6.94. The number of aliphatic hydroxyl groups is 1. The Morgan fingerprint density at radius 1 is 1.17 bits per heavy atom. The number of hydrogen-bond donors (Lipinski definition) is 3. The smallest absolute Gasteiger partial charge is 0.356 e. The second kappa shape index (κ2) is 7.73. The summed E-state index contributed by atoms with van der Waals surface area (Å²) in [4.78, 5) is 18.2. The number of nitrogens with zero attached hydrogens (tertiary/aromatic N) is 2. The van der Waals surface area contributed by atoms with Gasteiger partial charge in [0.25, 0.3) is 0 Å². The number of anilines is 1. The zero-order chi connectivity index (χ0) is 17.7. The van der Waals surface area contributed by atoms with Crippen LogP contribution in [-0.4, -0.2) is 39.3 Å². The third kappa shape index (κ3) is 4.42. The lowest BCUT2D eigenvalue weighted by Gasteiger charge is -2.15. The highest BCUT2D eigenvalue weighted by Gasteiger charge is 2.15. The molecule has 0 spiro atoms. The van der Waals surface area contributed by atoms with E-state index in [9.17, 15) is 23.1 Å². The highest BCUT2D eigenvalue weighted by molar-refractivity contribution is 5.84. The van der Waals surface area contributed by atoms with Crippen LogP contribution < -0.4 is 5.32 Å². The molecule has 2 aromatic rings. The van der Waals surface area contributed by atoms with E-state index in [4.69, 9.17) is 5.11 Å². The molecule has 0 aliphatic carbocycles. The summed E-state index contributed by atoms with van der Waals surface area (Å²) in [5.41, 5.74) is -0.00363. The maximum Gasteiger partial charge on any atom is 0.356 e. The van der Waals surface area contributed by atoms with Gasteiger partial charge in [0.15, 0.2) is 23.1 Å². The predicted octanol–water partition coefficient (Wildman–Crippen LogP) is 1.86. The molecule has 1 unspecified atom stereocenters. The van der Waals surface area contributed by atoms with Crippen molar-refractivity contribution in [1.82, 2.24) is 9.97 Å². The Morgan fingerprint density at radius 2 is 1.83 bits per heavy atom. The van der Waals surface area contributed by atoms with E-state index in [0.29, 0.717) is 0 Å². The van der Waals surface area contributed by atoms with Crippen LogP contribution in [0.2, 0.25) is 0 Å². The van der Waals surface area contributed by atoms with Gasteiger partial charge in [-0.2, -0.15) is 0 Å². The molecule has 128 valence electrons. The quantitative estimate of drug-likeness (QED) is 0.666. The van der Waals surface area contributed by atoms with Crippen molar-refractivity contribution in [3.63, 3.8) is 0 Å². The van der Waals surface area contributed by atoms with Gasteiger partial charge in [-0.25, -0.2) is 27.9 Å². The summed E-state index contributed by atoms with van der Waals surface area (Å²) in [6, 6.07) is 1.76. The lowest BCUT2D eigenvalue weighted by Crippen LogP contribution is -2.21. The molecular weight excluding hydrogens is 327 g/mol. The molecule has 24 heavy (non-hydrogen) atoms. The van der Waals surface area contributed by atoms with Gasteiger partial charge in [-0.3, -0.25) is 0 Å². The zero-order valence-electron chi connectivity index (χ0n) is 12.3. The van der Waals surface area contributed by atoms with Crippen molar-refractivity contribution in [2.24, 2.45) is 5.92 Å². The Morgan fingerprint density at radius 3 is 2.33 bits per heavy atom. The van der Waals surface area contributed by atoms with E-state index in [-0.39, 0.29) is 36.6 Å². The largest absolute Gasteiger partial charge is 0.476 e. The van der Waals surface area contributed by atoms with Crippen LogP contribution in [0.1, 0.15) is 16.1 Å². The van der Waals surface area contributed by atoms with Crippen molar-refractivity contribution in [1.29, 1.82) is 0 Å². The van der Waals surface area contributed by atoms with Crippen LogP contribution in [0, 0.1) is 23.4 Å². The van der Waals surface area contributed by atoms with Crippen LogP contribution in [0.4, 0.5) is 19.0 Å². The van der Waals surface area contributed by atoms with Crippen LogP contribution in [0.3, 0.4) is 0 Å². The number of nitrogens with one attached hydrogen (secondary N) is 1.